The lowest BCUT2D eigenvalue weighted by Gasteiger charge is -2.64. The topological polar surface area (TPSA) is 69.9 Å². The summed E-state index contributed by atoms with van der Waals surface area (Å²) in [6.07, 6.45) is 8.02. The zero-order chi connectivity index (χ0) is 32.7. The molecule has 0 radical (unpaired) electrons. The molecule has 1 N–H and O–H groups in total. The summed E-state index contributed by atoms with van der Waals surface area (Å²) < 4.78 is 21.3. The number of nitrogens with zero attached hydrogens (tertiary/aromatic N) is 1. The maximum Gasteiger partial charge on any atom is 0.192 e. The van der Waals surface area contributed by atoms with Crippen LogP contribution in [0.2, 0.25) is 0 Å². The van der Waals surface area contributed by atoms with Crippen molar-refractivity contribution >= 4 is 22.3 Å². The van der Waals surface area contributed by atoms with Crippen molar-refractivity contribution in [1.82, 2.24) is 4.57 Å². The fraction of sp³-hybridized carbons (Fsp3) is 0.675. The third-order valence-corrected chi connectivity index (χ3v) is 14.8. The number of aromatic nitrogens is 1. The summed E-state index contributed by atoms with van der Waals surface area (Å²) in [4.78, 5) is 14.8. The molecule has 1 aromatic heterocycles. The van der Waals surface area contributed by atoms with Crippen molar-refractivity contribution in [3.63, 3.8) is 0 Å². The van der Waals surface area contributed by atoms with E-state index in [1.807, 2.05) is 6.92 Å². The van der Waals surface area contributed by atoms with Gasteiger partial charge in [0.05, 0.1) is 34.5 Å². The van der Waals surface area contributed by atoms with Crippen molar-refractivity contribution < 1.29 is 24.1 Å². The Kier molecular flexibility index (Phi) is 5.62. The van der Waals surface area contributed by atoms with Crippen LogP contribution >= 0.6 is 0 Å². The molecule has 46 heavy (non-hydrogen) atoms. The molecule has 4 aliphatic carbocycles. The van der Waals surface area contributed by atoms with Crippen LogP contribution in [-0.4, -0.2) is 46.2 Å². The third kappa shape index (κ3) is 3.18. The van der Waals surface area contributed by atoms with Crippen molar-refractivity contribution in [3.8, 4) is 0 Å². The number of carbonyl (C=O) groups excluding carboxylic acids is 1. The summed E-state index contributed by atoms with van der Waals surface area (Å²) in [5, 5.41) is 13.3. The molecule has 2 saturated carbocycles. The summed E-state index contributed by atoms with van der Waals surface area (Å²) in [6, 6.07) is 1.91. The van der Waals surface area contributed by atoms with Gasteiger partial charge in [-0.2, -0.15) is 0 Å². The van der Waals surface area contributed by atoms with Crippen molar-refractivity contribution in [3.05, 3.63) is 52.2 Å². The molecule has 246 valence electrons. The predicted molar refractivity (Wildman–Crippen MR) is 179 cm³/mol. The van der Waals surface area contributed by atoms with Crippen LogP contribution < -0.4 is 0 Å². The van der Waals surface area contributed by atoms with E-state index in [9.17, 15) is 9.90 Å². The molecule has 4 heterocycles. The number of benzene rings is 1. The second-order valence-electron chi connectivity index (χ2n) is 17.9. The van der Waals surface area contributed by atoms with E-state index < -0.39 is 23.3 Å². The number of allylic oxidation sites excluding steroid dienone is 1. The molecule has 0 amide bonds. The van der Waals surface area contributed by atoms with Crippen molar-refractivity contribution in [2.45, 2.75) is 135 Å². The molecule has 7 aliphatic rings. The monoisotopic (exact) mass is 625 g/mol. The normalized spacial score (nSPS) is 43.9. The number of hydrogen-bond acceptors (Lipinski definition) is 5. The van der Waals surface area contributed by atoms with Gasteiger partial charge in [0.2, 0.25) is 0 Å². The fourth-order valence-electron chi connectivity index (χ4n) is 13.2. The van der Waals surface area contributed by atoms with Gasteiger partial charge in [-0.15, -0.1) is 0 Å². The molecule has 0 spiro atoms. The molecule has 10 atom stereocenters. The van der Waals surface area contributed by atoms with Crippen molar-refractivity contribution in [2.75, 3.05) is 7.11 Å². The Bertz CT molecular complexity index is 1810. The van der Waals surface area contributed by atoms with E-state index >= 15 is 0 Å². The van der Waals surface area contributed by atoms with Crippen LogP contribution in [0.3, 0.4) is 0 Å². The Labute approximate surface area is 273 Å². The molecule has 1 saturated heterocycles. The number of Topliss-reactive ketones (excluding diaryl/α,β-unsaturated/α-hetero) is 1. The van der Waals surface area contributed by atoms with Gasteiger partial charge in [-0.1, -0.05) is 32.9 Å². The van der Waals surface area contributed by atoms with Crippen LogP contribution in [0.1, 0.15) is 132 Å². The second kappa shape index (κ2) is 8.66. The molecule has 6 heteroatoms. The lowest BCUT2D eigenvalue weighted by molar-refractivity contribution is -0.163. The summed E-state index contributed by atoms with van der Waals surface area (Å²) >= 11 is 0. The fourth-order valence-corrected chi connectivity index (χ4v) is 13.2. The SMILES string of the molecule is C=C(C)[C@H]1C(=O)c2c3c(cc4c5c(n1c24)[C@@]1(C)[C@@H](CC[C@H]2[C@]4(C)C[C@H](OC)O[C@H]4CC[C@@]21C)C5)C1=CC(C)(C)OC(C)(C)[C@H]1[C@@H]3O. The van der Waals surface area contributed by atoms with Gasteiger partial charge in [0.15, 0.2) is 12.1 Å². The molecule has 0 bridgehead atoms. The number of methoxy groups -OCH3 is 1. The Morgan fingerprint density at radius 1 is 1.11 bits per heavy atom. The second-order valence-corrected chi connectivity index (χ2v) is 17.9. The van der Waals surface area contributed by atoms with Crippen LogP contribution in [0.4, 0.5) is 0 Å². The first-order chi connectivity index (χ1) is 21.5. The van der Waals surface area contributed by atoms with E-state index in [4.69, 9.17) is 14.2 Å². The molecule has 6 nitrogen and oxygen atoms in total. The van der Waals surface area contributed by atoms with E-state index in [2.05, 4.69) is 71.8 Å². The number of rotatable bonds is 2. The summed E-state index contributed by atoms with van der Waals surface area (Å²) in [6.45, 7) is 22.4. The molecule has 2 aromatic rings. The molecular formula is C40H51NO5. The largest absolute Gasteiger partial charge is 0.388 e. The number of hydrogen-bond donors (Lipinski definition) is 1. The van der Waals surface area contributed by atoms with Gasteiger partial charge in [0, 0.05) is 46.9 Å². The first-order valence-electron chi connectivity index (χ1n) is 17.7. The first kappa shape index (κ1) is 29.9. The van der Waals surface area contributed by atoms with Crippen LogP contribution in [0, 0.1) is 28.6 Å². The lowest BCUT2D eigenvalue weighted by Crippen LogP contribution is -2.61. The Morgan fingerprint density at radius 3 is 2.54 bits per heavy atom. The smallest absolute Gasteiger partial charge is 0.192 e. The first-order valence-corrected chi connectivity index (χ1v) is 17.7. The highest BCUT2D eigenvalue weighted by atomic mass is 16.7. The predicted octanol–water partition coefficient (Wildman–Crippen LogP) is 8.00. The Balaban J connectivity index is 1.30. The van der Waals surface area contributed by atoms with Crippen LogP contribution in [-0.2, 0) is 26.0 Å². The van der Waals surface area contributed by atoms with E-state index in [1.165, 1.54) is 29.5 Å². The zero-order valence-corrected chi connectivity index (χ0v) is 29.2. The van der Waals surface area contributed by atoms with Gasteiger partial charge in [0.1, 0.15) is 6.04 Å². The highest BCUT2D eigenvalue weighted by Crippen LogP contribution is 2.73. The average Bonchev–Trinajstić information content (AvgIpc) is 3.70. The standard InChI is InChI=1S/C40H51NO5/c1-19(2)31-34(43)29-28-21(24-17-36(3,4)46-37(5,6)30(24)33(28)42)16-22-23-15-20-11-12-25-38(7)18-27(44-10)45-26(38)13-14-39(25,8)40(20,9)35(23)41(31)32(22)29/h16-17,20,25-27,30-31,33,42H,1,11-15,18H2,2-10H3/t20-,25-,26-,27+,30+,31-,33+,38-,39-,40+/m0/s1. The van der Waals surface area contributed by atoms with Crippen molar-refractivity contribution in [2.24, 2.45) is 28.6 Å². The van der Waals surface area contributed by atoms with Crippen molar-refractivity contribution in [1.29, 1.82) is 0 Å². The quantitative estimate of drug-likeness (QED) is 0.343. The lowest BCUT2D eigenvalue weighted by atomic mass is 9.40. The van der Waals surface area contributed by atoms with Crippen LogP contribution in [0.5, 0.6) is 0 Å². The van der Waals surface area contributed by atoms with E-state index in [0.717, 1.165) is 59.0 Å². The highest BCUT2D eigenvalue weighted by molar-refractivity contribution is 6.18. The maximum absolute atomic E-state index is 14.8. The number of fused-ring (bicyclic) bond motifs is 13. The Morgan fingerprint density at radius 2 is 1.85 bits per heavy atom. The summed E-state index contributed by atoms with van der Waals surface area (Å²) in [5.74, 6) is 0.887. The van der Waals surface area contributed by atoms with Gasteiger partial charge in [0.25, 0.3) is 0 Å². The minimum absolute atomic E-state index is 0.0440. The minimum Gasteiger partial charge on any atom is -0.388 e. The van der Waals surface area contributed by atoms with E-state index in [-0.39, 0.29) is 40.3 Å². The summed E-state index contributed by atoms with van der Waals surface area (Å²) in [7, 11) is 1.78. The highest BCUT2D eigenvalue weighted by Gasteiger charge is 2.69. The van der Waals surface area contributed by atoms with Gasteiger partial charge in [-0.25, -0.2) is 0 Å². The van der Waals surface area contributed by atoms with Gasteiger partial charge < -0.3 is 23.9 Å². The van der Waals surface area contributed by atoms with E-state index in [1.54, 1.807) is 7.11 Å². The van der Waals surface area contributed by atoms with Gasteiger partial charge in [-0.3, -0.25) is 4.79 Å². The molecule has 3 fully saturated rings. The number of ketones is 1. The van der Waals surface area contributed by atoms with Gasteiger partial charge in [-0.05, 0) is 113 Å². The number of ether oxygens (including phenoxy) is 3. The zero-order valence-electron chi connectivity index (χ0n) is 29.2. The Hall–Kier alpha value is -2.25. The van der Waals surface area contributed by atoms with Crippen LogP contribution in [0.25, 0.3) is 16.5 Å². The van der Waals surface area contributed by atoms with Crippen LogP contribution in [0.15, 0.2) is 24.3 Å². The van der Waals surface area contributed by atoms with E-state index in [0.29, 0.717) is 11.8 Å². The number of carbonyl (C=O) groups is 1. The minimum atomic E-state index is -0.802. The number of aliphatic hydroxyl groups is 1. The maximum atomic E-state index is 14.8. The number of aliphatic hydroxyl groups excluding tert-OH is 1. The molecule has 3 aliphatic heterocycles. The third-order valence-electron chi connectivity index (χ3n) is 14.8. The molecule has 9 rings (SSSR count). The molecule has 0 unspecified atom stereocenters. The molecule has 1 aromatic carbocycles. The summed E-state index contributed by atoms with van der Waals surface area (Å²) in [5.41, 5.74) is 7.37. The molecular weight excluding hydrogens is 574 g/mol. The average molecular weight is 626 g/mol. The van der Waals surface area contributed by atoms with Gasteiger partial charge >= 0.3 is 0 Å².